The van der Waals surface area contributed by atoms with Crippen molar-refractivity contribution in [2.24, 2.45) is 0 Å². The maximum absolute atomic E-state index is 5.97. The molecule has 0 spiro atoms. The number of halogens is 1. The van der Waals surface area contributed by atoms with E-state index in [0.29, 0.717) is 25.0 Å². The average molecular weight is 326 g/mol. The molecule has 0 amide bonds. The summed E-state index contributed by atoms with van der Waals surface area (Å²) in [5.41, 5.74) is 2.28. The third-order valence-corrected chi connectivity index (χ3v) is 3.36. The van der Waals surface area contributed by atoms with E-state index in [0.717, 1.165) is 11.1 Å². The van der Waals surface area contributed by atoms with Crippen molar-refractivity contribution in [2.75, 3.05) is 10.6 Å². The Labute approximate surface area is 139 Å². The van der Waals surface area contributed by atoms with Gasteiger partial charge in [0.25, 0.3) is 0 Å². The first kappa shape index (κ1) is 15.2. The summed E-state index contributed by atoms with van der Waals surface area (Å²) in [6.45, 7) is 1.25. The van der Waals surface area contributed by atoms with Gasteiger partial charge in [-0.25, -0.2) is 0 Å². The molecular weight excluding hydrogens is 310 g/mol. The van der Waals surface area contributed by atoms with Crippen LogP contribution in [0, 0.1) is 0 Å². The Morgan fingerprint density at radius 3 is 1.52 bits per heavy atom. The van der Waals surface area contributed by atoms with Crippen molar-refractivity contribution in [3.8, 4) is 0 Å². The number of nitrogens with zero attached hydrogens (tertiary/aromatic N) is 3. The van der Waals surface area contributed by atoms with E-state index in [9.17, 15) is 0 Å². The minimum absolute atomic E-state index is 0.158. The summed E-state index contributed by atoms with van der Waals surface area (Å²) in [7, 11) is 0. The van der Waals surface area contributed by atoms with Crippen LogP contribution in [0.4, 0.5) is 11.9 Å². The van der Waals surface area contributed by atoms with Crippen LogP contribution >= 0.6 is 11.6 Å². The first-order chi connectivity index (χ1) is 11.3. The predicted molar refractivity (Wildman–Crippen MR) is 92.4 cm³/mol. The Hall–Kier alpha value is -2.66. The first-order valence-corrected chi connectivity index (χ1v) is 7.64. The highest BCUT2D eigenvalue weighted by atomic mass is 35.5. The second-order valence-electron chi connectivity index (χ2n) is 4.93. The van der Waals surface area contributed by atoms with Gasteiger partial charge in [0.15, 0.2) is 0 Å². The van der Waals surface area contributed by atoms with Gasteiger partial charge in [-0.1, -0.05) is 60.7 Å². The van der Waals surface area contributed by atoms with E-state index in [2.05, 4.69) is 25.6 Å². The van der Waals surface area contributed by atoms with Crippen LogP contribution in [0.2, 0.25) is 5.28 Å². The lowest BCUT2D eigenvalue weighted by atomic mass is 10.2. The van der Waals surface area contributed by atoms with Crippen molar-refractivity contribution in [3.05, 3.63) is 77.1 Å². The van der Waals surface area contributed by atoms with Crippen LogP contribution in [-0.4, -0.2) is 15.0 Å². The maximum atomic E-state index is 5.97. The third kappa shape index (κ3) is 4.66. The van der Waals surface area contributed by atoms with Gasteiger partial charge < -0.3 is 10.6 Å². The minimum atomic E-state index is 0.158. The zero-order chi connectivity index (χ0) is 15.9. The molecule has 6 heteroatoms. The summed E-state index contributed by atoms with van der Waals surface area (Å²) < 4.78 is 0. The number of nitrogens with one attached hydrogen (secondary N) is 2. The molecule has 3 aromatic rings. The normalized spacial score (nSPS) is 10.3. The summed E-state index contributed by atoms with van der Waals surface area (Å²) in [6, 6.07) is 20.1. The van der Waals surface area contributed by atoms with Gasteiger partial charge in [-0.15, -0.1) is 0 Å². The Morgan fingerprint density at radius 2 is 1.09 bits per heavy atom. The Balaban J connectivity index is 1.64. The summed E-state index contributed by atoms with van der Waals surface area (Å²) in [5.74, 6) is 0.897. The largest absolute Gasteiger partial charge is 0.350 e. The monoisotopic (exact) mass is 325 g/mol. The lowest BCUT2D eigenvalue weighted by Crippen LogP contribution is -2.09. The van der Waals surface area contributed by atoms with E-state index in [1.54, 1.807) is 0 Å². The molecule has 3 rings (SSSR count). The van der Waals surface area contributed by atoms with E-state index in [4.69, 9.17) is 11.6 Å². The van der Waals surface area contributed by atoms with Crippen LogP contribution < -0.4 is 10.6 Å². The Kier molecular flexibility index (Phi) is 5.01. The fourth-order valence-electron chi connectivity index (χ4n) is 2.06. The van der Waals surface area contributed by atoms with Gasteiger partial charge in [-0.2, -0.15) is 15.0 Å². The van der Waals surface area contributed by atoms with Crippen LogP contribution in [0.1, 0.15) is 11.1 Å². The fraction of sp³-hybridized carbons (Fsp3) is 0.118. The molecule has 23 heavy (non-hydrogen) atoms. The molecule has 0 aliphatic heterocycles. The summed E-state index contributed by atoms with van der Waals surface area (Å²) in [4.78, 5) is 12.5. The molecule has 0 atom stereocenters. The first-order valence-electron chi connectivity index (χ1n) is 7.27. The van der Waals surface area contributed by atoms with Gasteiger partial charge in [0.05, 0.1) is 0 Å². The van der Waals surface area contributed by atoms with Gasteiger partial charge in [0.1, 0.15) is 0 Å². The van der Waals surface area contributed by atoms with Crippen LogP contribution in [0.15, 0.2) is 60.7 Å². The topological polar surface area (TPSA) is 62.7 Å². The molecule has 5 nitrogen and oxygen atoms in total. The summed E-state index contributed by atoms with van der Waals surface area (Å²) >= 11 is 5.97. The van der Waals surface area contributed by atoms with Gasteiger partial charge in [0, 0.05) is 13.1 Å². The number of hydrogen-bond acceptors (Lipinski definition) is 5. The van der Waals surface area contributed by atoms with Crippen LogP contribution in [0.25, 0.3) is 0 Å². The van der Waals surface area contributed by atoms with Gasteiger partial charge >= 0.3 is 0 Å². The van der Waals surface area contributed by atoms with Gasteiger partial charge in [-0.05, 0) is 22.7 Å². The molecule has 2 N–H and O–H groups in total. The molecule has 0 unspecified atom stereocenters. The van der Waals surface area contributed by atoms with Crippen molar-refractivity contribution in [1.82, 2.24) is 15.0 Å². The number of rotatable bonds is 6. The van der Waals surface area contributed by atoms with E-state index in [1.807, 2.05) is 60.7 Å². The van der Waals surface area contributed by atoms with E-state index < -0.39 is 0 Å². The minimum Gasteiger partial charge on any atom is -0.350 e. The highest BCUT2D eigenvalue weighted by Gasteiger charge is 2.05. The van der Waals surface area contributed by atoms with Crippen molar-refractivity contribution >= 4 is 23.5 Å². The molecule has 0 saturated carbocycles. The fourth-order valence-corrected chi connectivity index (χ4v) is 2.22. The quantitative estimate of drug-likeness (QED) is 0.722. The Bertz CT molecular complexity index is 688. The molecule has 0 saturated heterocycles. The SMILES string of the molecule is Clc1nc(NCc2ccccc2)nc(NCc2ccccc2)n1. The molecule has 2 aromatic carbocycles. The molecule has 0 aliphatic carbocycles. The van der Waals surface area contributed by atoms with Crippen LogP contribution in [0.3, 0.4) is 0 Å². The number of aromatic nitrogens is 3. The van der Waals surface area contributed by atoms with Crippen LogP contribution in [0.5, 0.6) is 0 Å². The number of hydrogen-bond donors (Lipinski definition) is 2. The smallest absolute Gasteiger partial charge is 0.229 e. The van der Waals surface area contributed by atoms with Crippen LogP contribution in [-0.2, 0) is 13.1 Å². The highest BCUT2D eigenvalue weighted by Crippen LogP contribution is 2.12. The molecular formula is C17H16ClN5. The predicted octanol–water partition coefficient (Wildman–Crippen LogP) is 3.75. The summed E-state index contributed by atoms with van der Waals surface area (Å²) in [6.07, 6.45) is 0. The average Bonchev–Trinajstić information content (AvgIpc) is 2.60. The van der Waals surface area contributed by atoms with Crippen molar-refractivity contribution in [2.45, 2.75) is 13.1 Å². The van der Waals surface area contributed by atoms with Crippen molar-refractivity contribution < 1.29 is 0 Å². The number of anilines is 2. The molecule has 0 aliphatic rings. The third-order valence-electron chi connectivity index (χ3n) is 3.20. The lowest BCUT2D eigenvalue weighted by molar-refractivity contribution is 0.978. The number of benzene rings is 2. The zero-order valence-electron chi connectivity index (χ0n) is 12.4. The second kappa shape index (κ2) is 7.56. The lowest BCUT2D eigenvalue weighted by Gasteiger charge is -2.08. The van der Waals surface area contributed by atoms with E-state index in [1.165, 1.54) is 0 Å². The summed E-state index contributed by atoms with van der Waals surface area (Å²) in [5, 5.41) is 6.47. The van der Waals surface area contributed by atoms with E-state index in [-0.39, 0.29) is 5.28 Å². The molecule has 0 fully saturated rings. The zero-order valence-corrected chi connectivity index (χ0v) is 13.2. The van der Waals surface area contributed by atoms with E-state index >= 15 is 0 Å². The standard InChI is InChI=1S/C17H16ClN5/c18-15-21-16(19-11-13-7-3-1-4-8-13)23-17(22-15)20-12-14-9-5-2-6-10-14/h1-10H,11-12H2,(H2,19,20,21,22,23). The maximum Gasteiger partial charge on any atom is 0.229 e. The van der Waals surface area contributed by atoms with Crippen molar-refractivity contribution in [3.63, 3.8) is 0 Å². The molecule has 1 heterocycles. The van der Waals surface area contributed by atoms with Gasteiger partial charge in [0.2, 0.25) is 17.2 Å². The highest BCUT2D eigenvalue weighted by molar-refractivity contribution is 6.28. The van der Waals surface area contributed by atoms with Crippen molar-refractivity contribution in [1.29, 1.82) is 0 Å². The second-order valence-corrected chi connectivity index (χ2v) is 5.27. The van der Waals surface area contributed by atoms with Gasteiger partial charge in [-0.3, -0.25) is 0 Å². The molecule has 0 bridgehead atoms. The molecule has 0 radical (unpaired) electrons. The molecule has 1 aromatic heterocycles. The Morgan fingerprint density at radius 1 is 0.652 bits per heavy atom. The molecule has 116 valence electrons.